The molecule has 1 unspecified atom stereocenters. The van der Waals surface area contributed by atoms with Crippen LogP contribution in [-0.4, -0.2) is 30.0 Å². The topological polar surface area (TPSA) is 55.6 Å². The third-order valence-electron chi connectivity index (χ3n) is 4.48. The van der Waals surface area contributed by atoms with Gasteiger partial charge in [-0.1, -0.05) is 42.5 Å². The van der Waals surface area contributed by atoms with Gasteiger partial charge in [0.1, 0.15) is 5.75 Å². The van der Waals surface area contributed by atoms with Crippen molar-refractivity contribution in [3.05, 3.63) is 54.1 Å². The van der Waals surface area contributed by atoms with E-state index in [9.17, 15) is 4.79 Å². The van der Waals surface area contributed by atoms with E-state index in [1.165, 1.54) is 0 Å². The Morgan fingerprint density at radius 2 is 1.70 bits per heavy atom. The Bertz CT molecular complexity index is 715. The summed E-state index contributed by atoms with van der Waals surface area (Å²) in [6.45, 7) is 6.64. The summed E-state index contributed by atoms with van der Waals surface area (Å²) in [5.41, 5.74) is 9.07. The van der Waals surface area contributed by atoms with E-state index >= 15 is 0 Å². The lowest BCUT2D eigenvalue weighted by Crippen LogP contribution is -2.37. The van der Waals surface area contributed by atoms with E-state index in [1.54, 1.807) is 7.11 Å². The number of carbonyl (C=O) groups is 1. The largest absolute Gasteiger partial charge is 0.496 e. The zero-order chi connectivity index (χ0) is 19.1. The van der Waals surface area contributed by atoms with Crippen LogP contribution >= 0.6 is 12.4 Å². The van der Waals surface area contributed by atoms with E-state index in [1.807, 2.05) is 49.9 Å². The van der Waals surface area contributed by atoms with Crippen LogP contribution < -0.4 is 10.5 Å². The summed E-state index contributed by atoms with van der Waals surface area (Å²) in [4.78, 5) is 14.4. The monoisotopic (exact) mass is 390 g/mol. The van der Waals surface area contributed by atoms with Crippen molar-refractivity contribution in [2.45, 2.75) is 52.2 Å². The van der Waals surface area contributed by atoms with Crippen LogP contribution in [0.1, 0.15) is 39.2 Å². The molecule has 0 spiro atoms. The molecule has 0 aliphatic rings. The lowest BCUT2D eigenvalue weighted by atomic mass is 10.0. The quantitative estimate of drug-likeness (QED) is 0.713. The minimum atomic E-state index is 0. The first-order valence-electron chi connectivity index (χ1n) is 9.19. The van der Waals surface area contributed by atoms with Crippen LogP contribution in [0.3, 0.4) is 0 Å². The van der Waals surface area contributed by atoms with E-state index in [4.69, 9.17) is 10.5 Å². The fourth-order valence-corrected chi connectivity index (χ4v) is 2.92. The molecular weight excluding hydrogens is 360 g/mol. The van der Waals surface area contributed by atoms with Gasteiger partial charge in [0.2, 0.25) is 5.91 Å². The number of hydrogen-bond acceptors (Lipinski definition) is 3. The van der Waals surface area contributed by atoms with Crippen LogP contribution in [0.15, 0.2) is 48.5 Å². The first-order chi connectivity index (χ1) is 12.4. The minimum absolute atomic E-state index is 0. The van der Waals surface area contributed by atoms with Gasteiger partial charge in [-0.25, -0.2) is 0 Å². The van der Waals surface area contributed by atoms with Crippen LogP contribution in [0.2, 0.25) is 0 Å². The summed E-state index contributed by atoms with van der Waals surface area (Å²) in [7, 11) is 1.68. The van der Waals surface area contributed by atoms with Crippen molar-refractivity contribution >= 4 is 18.3 Å². The maximum atomic E-state index is 12.5. The summed E-state index contributed by atoms with van der Waals surface area (Å²) in [5, 5.41) is 0. The minimum Gasteiger partial charge on any atom is -0.496 e. The molecule has 2 aromatic carbocycles. The average molecular weight is 391 g/mol. The van der Waals surface area contributed by atoms with Crippen molar-refractivity contribution < 1.29 is 9.53 Å². The van der Waals surface area contributed by atoms with Gasteiger partial charge in [0, 0.05) is 30.6 Å². The predicted octanol–water partition coefficient (Wildman–Crippen LogP) is 4.65. The second-order valence-corrected chi connectivity index (χ2v) is 7.03. The molecule has 0 saturated carbocycles. The molecule has 0 aliphatic carbocycles. The first-order valence-corrected chi connectivity index (χ1v) is 9.19. The molecule has 0 fully saturated rings. The van der Waals surface area contributed by atoms with Gasteiger partial charge in [0.25, 0.3) is 0 Å². The molecule has 148 valence electrons. The highest BCUT2D eigenvalue weighted by molar-refractivity contribution is 5.85. The zero-order valence-corrected chi connectivity index (χ0v) is 17.5. The van der Waals surface area contributed by atoms with Crippen LogP contribution in [0, 0.1) is 0 Å². The molecule has 27 heavy (non-hydrogen) atoms. The number of rotatable bonds is 8. The number of methoxy groups -OCH3 is 1. The fraction of sp³-hybridized carbons (Fsp3) is 0.409. The first kappa shape index (κ1) is 23.0. The highest BCUT2D eigenvalue weighted by atomic mass is 35.5. The van der Waals surface area contributed by atoms with Crippen LogP contribution in [-0.2, 0) is 11.3 Å². The highest BCUT2D eigenvalue weighted by Crippen LogP contribution is 2.29. The second kappa shape index (κ2) is 11.0. The Labute approximate surface area is 169 Å². The number of hydrogen-bond donors (Lipinski definition) is 1. The van der Waals surface area contributed by atoms with E-state index in [-0.39, 0.29) is 30.4 Å². The van der Waals surface area contributed by atoms with E-state index in [0.29, 0.717) is 13.0 Å². The normalized spacial score (nSPS) is 11.6. The van der Waals surface area contributed by atoms with Gasteiger partial charge in [0.05, 0.1) is 7.11 Å². The van der Waals surface area contributed by atoms with Crippen LogP contribution in [0.4, 0.5) is 0 Å². The van der Waals surface area contributed by atoms with Gasteiger partial charge in [0.15, 0.2) is 0 Å². The maximum absolute atomic E-state index is 12.5. The number of carbonyl (C=O) groups excluding carboxylic acids is 1. The maximum Gasteiger partial charge on any atom is 0.223 e. The Kier molecular flexibility index (Phi) is 9.33. The zero-order valence-electron chi connectivity index (χ0n) is 16.6. The third-order valence-corrected chi connectivity index (χ3v) is 4.48. The molecule has 1 amide bonds. The molecule has 0 radical (unpaired) electrons. The van der Waals surface area contributed by atoms with E-state index in [2.05, 4.69) is 24.3 Å². The predicted molar refractivity (Wildman–Crippen MR) is 114 cm³/mol. The summed E-state index contributed by atoms with van der Waals surface area (Å²) >= 11 is 0. The summed E-state index contributed by atoms with van der Waals surface area (Å²) < 4.78 is 5.44. The summed E-state index contributed by atoms with van der Waals surface area (Å²) in [6, 6.07) is 16.5. The molecule has 0 saturated heterocycles. The van der Waals surface area contributed by atoms with Crippen molar-refractivity contribution in [2.24, 2.45) is 5.73 Å². The van der Waals surface area contributed by atoms with E-state index in [0.717, 1.165) is 28.9 Å². The number of para-hydroxylation sites is 1. The van der Waals surface area contributed by atoms with Crippen molar-refractivity contribution in [2.75, 3.05) is 7.11 Å². The third kappa shape index (κ3) is 6.56. The van der Waals surface area contributed by atoms with Crippen LogP contribution in [0.25, 0.3) is 11.1 Å². The van der Waals surface area contributed by atoms with Crippen molar-refractivity contribution in [1.82, 2.24) is 4.90 Å². The number of amides is 1. The Morgan fingerprint density at radius 1 is 1.07 bits per heavy atom. The van der Waals surface area contributed by atoms with Gasteiger partial charge in [-0.2, -0.15) is 0 Å². The molecule has 0 aromatic heterocycles. The van der Waals surface area contributed by atoms with Gasteiger partial charge in [-0.15, -0.1) is 12.4 Å². The van der Waals surface area contributed by atoms with E-state index < -0.39 is 0 Å². The molecule has 4 nitrogen and oxygen atoms in total. The molecule has 0 heterocycles. The second-order valence-electron chi connectivity index (χ2n) is 7.03. The fourth-order valence-electron chi connectivity index (χ4n) is 2.92. The number of nitrogens with zero attached hydrogens (tertiary/aromatic N) is 1. The average Bonchev–Trinajstić information content (AvgIpc) is 2.64. The molecule has 0 aliphatic heterocycles. The molecule has 2 aromatic rings. The molecule has 1 atom stereocenters. The molecule has 2 N–H and O–H groups in total. The van der Waals surface area contributed by atoms with Crippen molar-refractivity contribution in [1.29, 1.82) is 0 Å². The molecular formula is C22H31ClN2O2. The standard InChI is InChI=1S/C22H30N2O2.ClH/c1-16(2)24(22(25)14-9-17(3)23)15-18-10-12-19(13-11-18)20-7-5-6-8-21(20)26-4;/h5-8,10-13,16-17H,9,14-15,23H2,1-4H3;1H. The summed E-state index contributed by atoms with van der Waals surface area (Å²) in [6.07, 6.45) is 1.21. The molecule has 0 bridgehead atoms. The molecule has 2 rings (SSSR count). The Morgan fingerprint density at radius 3 is 2.26 bits per heavy atom. The lowest BCUT2D eigenvalue weighted by Gasteiger charge is -2.27. The number of benzene rings is 2. The van der Waals surface area contributed by atoms with Crippen molar-refractivity contribution in [3.8, 4) is 16.9 Å². The van der Waals surface area contributed by atoms with Gasteiger partial charge >= 0.3 is 0 Å². The van der Waals surface area contributed by atoms with Crippen molar-refractivity contribution in [3.63, 3.8) is 0 Å². The highest BCUT2D eigenvalue weighted by Gasteiger charge is 2.17. The number of ether oxygens (including phenoxy) is 1. The SMILES string of the molecule is COc1ccccc1-c1ccc(CN(C(=O)CCC(C)N)C(C)C)cc1.Cl. The van der Waals surface area contributed by atoms with Gasteiger partial charge < -0.3 is 15.4 Å². The molecule has 5 heteroatoms. The van der Waals surface area contributed by atoms with Gasteiger partial charge in [-0.3, -0.25) is 4.79 Å². The smallest absolute Gasteiger partial charge is 0.223 e. The van der Waals surface area contributed by atoms with Gasteiger partial charge in [-0.05, 0) is 44.4 Å². The van der Waals surface area contributed by atoms with Crippen LogP contribution in [0.5, 0.6) is 5.75 Å². The Balaban J connectivity index is 0.00000364. The number of nitrogens with two attached hydrogens (primary N) is 1. The number of halogens is 1. The summed E-state index contributed by atoms with van der Waals surface area (Å²) in [5.74, 6) is 1.02. The lowest BCUT2D eigenvalue weighted by molar-refractivity contribution is -0.133. The Hall–Kier alpha value is -2.04.